The summed E-state index contributed by atoms with van der Waals surface area (Å²) >= 11 is 0. The lowest BCUT2D eigenvalue weighted by atomic mass is 9.94. The summed E-state index contributed by atoms with van der Waals surface area (Å²) in [4.78, 5) is 0. The first kappa shape index (κ1) is 10.4. The Morgan fingerprint density at radius 2 is 2.00 bits per heavy atom. The van der Waals surface area contributed by atoms with E-state index in [1.165, 1.54) is 6.92 Å². The largest absolute Gasteiger partial charge is 0.393 e. The zero-order valence-electron chi connectivity index (χ0n) is 7.20. The third-order valence-corrected chi connectivity index (χ3v) is 1.62. The molecular formula is C8H15NO2. The predicted molar refractivity (Wildman–Crippen MR) is 41.7 cm³/mol. The monoisotopic (exact) mass is 157 g/mol. The van der Waals surface area contributed by atoms with Gasteiger partial charge in [0, 0.05) is 6.42 Å². The van der Waals surface area contributed by atoms with Gasteiger partial charge >= 0.3 is 0 Å². The second-order valence-corrected chi connectivity index (χ2v) is 3.40. The fourth-order valence-corrected chi connectivity index (χ4v) is 0.689. The van der Waals surface area contributed by atoms with Crippen LogP contribution in [0.5, 0.6) is 0 Å². The van der Waals surface area contributed by atoms with Crippen LogP contribution in [0.15, 0.2) is 0 Å². The third kappa shape index (κ3) is 3.97. The average Bonchev–Trinajstić information content (AvgIpc) is 1.87. The summed E-state index contributed by atoms with van der Waals surface area (Å²) in [6.45, 7) is 5.09. The minimum Gasteiger partial charge on any atom is -0.393 e. The zero-order valence-corrected chi connectivity index (χ0v) is 7.20. The Balaban J connectivity index is 3.96. The molecule has 0 radical (unpaired) electrons. The molecule has 0 heterocycles. The number of hydrogen-bond acceptors (Lipinski definition) is 3. The highest BCUT2D eigenvalue weighted by atomic mass is 16.3. The molecule has 0 rings (SSSR count). The van der Waals surface area contributed by atoms with E-state index in [2.05, 4.69) is 0 Å². The second-order valence-electron chi connectivity index (χ2n) is 3.40. The molecule has 0 aromatic carbocycles. The van der Waals surface area contributed by atoms with Gasteiger partial charge in [-0.3, -0.25) is 0 Å². The van der Waals surface area contributed by atoms with Gasteiger partial charge in [0.15, 0.2) is 5.60 Å². The van der Waals surface area contributed by atoms with E-state index in [-0.39, 0.29) is 12.3 Å². The van der Waals surface area contributed by atoms with E-state index in [0.717, 1.165) is 0 Å². The van der Waals surface area contributed by atoms with Gasteiger partial charge in [0.1, 0.15) is 0 Å². The van der Waals surface area contributed by atoms with Gasteiger partial charge in [-0.25, -0.2) is 0 Å². The van der Waals surface area contributed by atoms with E-state index in [9.17, 15) is 10.2 Å². The van der Waals surface area contributed by atoms with Crippen molar-refractivity contribution < 1.29 is 10.2 Å². The van der Waals surface area contributed by atoms with Crippen LogP contribution in [-0.2, 0) is 0 Å². The van der Waals surface area contributed by atoms with E-state index in [0.29, 0.717) is 0 Å². The van der Waals surface area contributed by atoms with Crippen LogP contribution in [0.1, 0.15) is 27.2 Å². The Morgan fingerprint density at radius 1 is 1.55 bits per heavy atom. The molecule has 0 fully saturated rings. The van der Waals surface area contributed by atoms with Crippen LogP contribution in [0, 0.1) is 17.2 Å². The molecule has 0 spiro atoms. The summed E-state index contributed by atoms with van der Waals surface area (Å²) < 4.78 is 0. The van der Waals surface area contributed by atoms with Gasteiger partial charge in [-0.2, -0.15) is 5.26 Å². The molecule has 0 amide bonds. The Hall–Kier alpha value is -0.590. The SMILES string of the molecule is CC(C)C(O)CC(C)(O)C#N. The van der Waals surface area contributed by atoms with Crippen LogP contribution < -0.4 is 0 Å². The number of nitrogens with zero attached hydrogens (tertiary/aromatic N) is 1. The first-order chi connectivity index (χ1) is 4.89. The normalized spacial score (nSPS) is 19.0. The molecular weight excluding hydrogens is 142 g/mol. The molecule has 3 nitrogen and oxygen atoms in total. The maximum Gasteiger partial charge on any atom is 0.150 e. The Bertz CT molecular complexity index is 158. The summed E-state index contributed by atoms with van der Waals surface area (Å²) in [6.07, 6.45) is -0.495. The van der Waals surface area contributed by atoms with Crippen molar-refractivity contribution in [2.75, 3.05) is 0 Å². The average molecular weight is 157 g/mol. The summed E-state index contributed by atoms with van der Waals surface area (Å²) in [5.74, 6) is 0.0785. The standard InChI is InChI=1S/C8H15NO2/c1-6(2)7(10)4-8(3,11)5-9/h6-7,10-11H,4H2,1-3H3. The van der Waals surface area contributed by atoms with Gasteiger partial charge in [-0.15, -0.1) is 0 Å². The highest BCUT2D eigenvalue weighted by Crippen LogP contribution is 2.15. The number of hydrogen-bond donors (Lipinski definition) is 2. The molecule has 0 saturated carbocycles. The van der Waals surface area contributed by atoms with Gasteiger partial charge < -0.3 is 10.2 Å². The molecule has 0 aromatic rings. The molecule has 0 saturated heterocycles. The van der Waals surface area contributed by atoms with Crippen molar-refractivity contribution in [2.24, 2.45) is 5.92 Å². The van der Waals surface area contributed by atoms with E-state index >= 15 is 0 Å². The number of aliphatic hydroxyl groups is 2. The van der Waals surface area contributed by atoms with Crippen molar-refractivity contribution >= 4 is 0 Å². The predicted octanol–water partition coefficient (Wildman–Crippen LogP) is 0.668. The molecule has 2 atom stereocenters. The van der Waals surface area contributed by atoms with Crippen LogP contribution in [0.2, 0.25) is 0 Å². The Morgan fingerprint density at radius 3 is 2.27 bits per heavy atom. The Kier molecular flexibility index (Phi) is 3.50. The van der Waals surface area contributed by atoms with Crippen molar-refractivity contribution in [1.82, 2.24) is 0 Å². The van der Waals surface area contributed by atoms with Crippen LogP contribution in [0.25, 0.3) is 0 Å². The molecule has 64 valence electrons. The van der Waals surface area contributed by atoms with Crippen molar-refractivity contribution in [3.05, 3.63) is 0 Å². The topological polar surface area (TPSA) is 64.2 Å². The van der Waals surface area contributed by atoms with Crippen LogP contribution in [0.3, 0.4) is 0 Å². The number of aliphatic hydroxyl groups excluding tert-OH is 1. The van der Waals surface area contributed by atoms with Gasteiger partial charge in [0.05, 0.1) is 12.2 Å². The van der Waals surface area contributed by atoms with E-state index < -0.39 is 11.7 Å². The molecule has 0 aromatic heterocycles. The van der Waals surface area contributed by atoms with Crippen molar-refractivity contribution in [3.63, 3.8) is 0 Å². The molecule has 0 aliphatic carbocycles. The smallest absolute Gasteiger partial charge is 0.150 e. The maximum absolute atomic E-state index is 9.28. The lowest BCUT2D eigenvalue weighted by Gasteiger charge is -2.20. The molecule has 0 aliphatic heterocycles. The van der Waals surface area contributed by atoms with E-state index in [1.807, 2.05) is 13.8 Å². The molecule has 2 N–H and O–H groups in total. The number of rotatable bonds is 3. The lowest BCUT2D eigenvalue weighted by Crippen LogP contribution is -2.30. The zero-order chi connectivity index (χ0) is 9.07. The summed E-state index contributed by atoms with van der Waals surface area (Å²) in [5, 5.41) is 26.9. The summed E-state index contributed by atoms with van der Waals surface area (Å²) in [6, 6.07) is 1.72. The highest BCUT2D eigenvalue weighted by molar-refractivity contribution is 4.97. The molecule has 2 unspecified atom stereocenters. The molecule has 0 bridgehead atoms. The quantitative estimate of drug-likeness (QED) is 0.592. The highest BCUT2D eigenvalue weighted by Gasteiger charge is 2.25. The van der Waals surface area contributed by atoms with Crippen molar-refractivity contribution in [1.29, 1.82) is 5.26 Å². The van der Waals surface area contributed by atoms with E-state index in [4.69, 9.17) is 5.26 Å². The first-order valence-corrected chi connectivity index (χ1v) is 3.71. The summed E-state index contributed by atoms with van der Waals surface area (Å²) in [5.41, 5.74) is -1.40. The third-order valence-electron chi connectivity index (χ3n) is 1.62. The van der Waals surface area contributed by atoms with Crippen molar-refractivity contribution in [3.8, 4) is 6.07 Å². The fourth-order valence-electron chi connectivity index (χ4n) is 0.689. The van der Waals surface area contributed by atoms with E-state index in [1.54, 1.807) is 6.07 Å². The minimum atomic E-state index is -1.40. The molecule has 11 heavy (non-hydrogen) atoms. The van der Waals surface area contributed by atoms with Gasteiger partial charge in [-0.1, -0.05) is 13.8 Å². The van der Waals surface area contributed by atoms with Gasteiger partial charge in [-0.05, 0) is 12.8 Å². The maximum atomic E-state index is 9.28. The number of nitriles is 1. The van der Waals surface area contributed by atoms with Gasteiger partial charge in [0.25, 0.3) is 0 Å². The Labute approximate surface area is 67.3 Å². The van der Waals surface area contributed by atoms with Crippen LogP contribution >= 0.6 is 0 Å². The first-order valence-electron chi connectivity index (χ1n) is 3.71. The van der Waals surface area contributed by atoms with Crippen LogP contribution in [-0.4, -0.2) is 21.9 Å². The van der Waals surface area contributed by atoms with Crippen molar-refractivity contribution in [2.45, 2.75) is 38.9 Å². The molecule has 0 aliphatic rings. The lowest BCUT2D eigenvalue weighted by molar-refractivity contribution is 0.0251. The van der Waals surface area contributed by atoms with Gasteiger partial charge in [0.2, 0.25) is 0 Å². The molecule has 3 heteroatoms. The minimum absolute atomic E-state index is 0.0785. The fraction of sp³-hybridized carbons (Fsp3) is 0.875. The van der Waals surface area contributed by atoms with Crippen LogP contribution in [0.4, 0.5) is 0 Å². The second kappa shape index (κ2) is 3.70. The summed E-state index contributed by atoms with van der Waals surface area (Å²) in [7, 11) is 0.